The van der Waals surface area contributed by atoms with Crippen molar-refractivity contribution in [2.75, 3.05) is 26.2 Å². The SMILES string of the molecule is C1CCNCCNCC1.Cl.Cl. The Morgan fingerprint density at radius 1 is 0.545 bits per heavy atom. The first kappa shape index (κ1) is 14.0. The summed E-state index contributed by atoms with van der Waals surface area (Å²) < 4.78 is 0. The number of hydrogen-bond acceptors (Lipinski definition) is 2. The molecule has 1 heterocycles. The van der Waals surface area contributed by atoms with Gasteiger partial charge in [0.1, 0.15) is 0 Å². The maximum absolute atomic E-state index is 3.36. The number of halogens is 2. The minimum Gasteiger partial charge on any atom is -0.315 e. The van der Waals surface area contributed by atoms with Crippen LogP contribution in [0.4, 0.5) is 0 Å². The Kier molecular flexibility index (Phi) is 13.4. The fraction of sp³-hybridized carbons (Fsp3) is 1.00. The lowest BCUT2D eigenvalue weighted by molar-refractivity contribution is 0.641. The van der Waals surface area contributed by atoms with Crippen LogP contribution in [0.2, 0.25) is 0 Å². The summed E-state index contributed by atoms with van der Waals surface area (Å²) in [5.41, 5.74) is 0. The summed E-state index contributed by atoms with van der Waals surface area (Å²) in [6.07, 6.45) is 4.07. The van der Waals surface area contributed by atoms with Crippen molar-refractivity contribution in [1.82, 2.24) is 10.6 Å². The van der Waals surface area contributed by atoms with Gasteiger partial charge in [-0.25, -0.2) is 0 Å². The van der Waals surface area contributed by atoms with E-state index in [1.165, 1.54) is 32.4 Å². The van der Waals surface area contributed by atoms with Gasteiger partial charge in [-0.2, -0.15) is 0 Å². The van der Waals surface area contributed by atoms with E-state index < -0.39 is 0 Å². The van der Waals surface area contributed by atoms with E-state index in [1.807, 2.05) is 0 Å². The normalized spacial score (nSPS) is 19.6. The van der Waals surface area contributed by atoms with Crippen molar-refractivity contribution in [1.29, 1.82) is 0 Å². The Morgan fingerprint density at radius 2 is 1.00 bits per heavy atom. The van der Waals surface area contributed by atoms with Crippen LogP contribution in [-0.2, 0) is 0 Å². The van der Waals surface area contributed by atoms with Gasteiger partial charge in [-0.1, -0.05) is 6.42 Å². The molecule has 0 aromatic heterocycles. The van der Waals surface area contributed by atoms with E-state index in [4.69, 9.17) is 0 Å². The van der Waals surface area contributed by atoms with E-state index in [9.17, 15) is 0 Å². The van der Waals surface area contributed by atoms with Crippen LogP contribution in [0.1, 0.15) is 19.3 Å². The zero-order valence-electron chi connectivity index (χ0n) is 6.77. The fourth-order valence-electron chi connectivity index (χ4n) is 1.10. The van der Waals surface area contributed by atoms with Crippen LogP contribution in [0.3, 0.4) is 0 Å². The molecule has 4 heteroatoms. The van der Waals surface area contributed by atoms with Crippen molar-refractivity contribution in [2.45, 2.75) is 19.3 Å². The van der Waals surface area contributed by atoms with Gasteiger partial charge in [0.05, 0.1) is 0 Å². The van der Waals surface area contributed by atoms with Crippen molar-refractivity contribution < 1.29 is 0 Å². The van der Waals surface area contributed by atoms with E-state index in [0.717, 1.165) is 13.1 Å². The molecule has 11 heavy (non-hydrogen) atoms. The molecule has 0 aromatic rings. The summed E-state index contributed by atoms with van der Waals surface area (Å²) >= 11 is 0. The summed E-state index contributed by atoms with van der Waals surface area (Å²) in [5, 5.41) is 6.73. The van der Waals surface area contributed by atoms with Crippen molar-refractivity contribution in [3.8, 4) is 0 Å². The standard InChI is InChI=1S/C7H16N2.2ClH/c1-2-4-8-6-7-9-5-3-1;;/h8-9H,1-7H2;2*1H. The predicted molar refractivity (Wildman–Crippen MR) is 54.1 cm³/mol. The number of nitrogens with one attached hydrogen (secondary N) is 2. The average Bonchev–Trinajstić information content (AvgIpc) is 2.00. The first-order valence-electron chi connectivity index (χ1n) is 3.91. The van der Waals surface area contributed by atoms with Gasteiger partial charge in [0.25, 0.3) is 0 Å². The quantitative estimate of drug-likeness (QED) is 0.615. The Balaban J connectivity index is 0. The van der Waals surface area contributed by atoms with Crippen LogP contribution >= 0.6 is 24.8 Å². The Bertz CT molecular complexity index is 42.9. The van der Waals surface area contributed by atoms with Gasteiger partial charge < -0.3 is 10.6 Å². The lowest BCUT2D eigenvalue weighted by Crippen LogP contribution is -2.26. The third-order valence-corrected chi connectivity index (χ3v) is 1.69. The average molecular weight is 201 g/mol. The zero-order chi connectivity index (χ0) is 6.36. The zero-order valence-corrected chi connectivity index (χ0v) is 8.40. The highest BCUT2D eigenvalue weighted by Crippen LogP contribution is 1.92. The van der Waals surface area contributed by atoms with Crippen molar-refractivity contribution in [2.24, 2.45) is 0 Å². The Morgan fingerprint density at radius 3 is 1.45 bits per heavy atom. The molecule has 1 rings (SSSR count). The third kappa shape index (κ3) is 8.41. The number of rotatable bonds is 0. The minimum absolute atomic E-state index is 0. The van der Waals surface area contributed by atoms with Crippen molar-refractivity contribution in [3.05, 3.63) is 0 Å². The van der Waals surface area contributed by atoms with E-state index in [0.29, 0.717) is 0 Å². The molecule has 0 atom stereocenters. The predicted octanol–water partition coefficient (Wildman–Crippen LogP) is 1.19. The smallest absolute Gasteiger partial charge is 0.00767 e. The lowest BCUT2D eigenvalue weighted by Gasteiger charge is -1.99. The van der Waals surface area contributed by atoms with Crippen LogP contribution in [0.5, 0.6) is 0 Å². The second-order valence-electron chi connectivity index (χ2n) is 2.56. The molecule has 0 amide bonds. The molecule has 0 aliphatic carbocycles. The highest BCUT2D eigenvalue weighted by Gasteiger charge is 1.93. The van der Waals surface area contributed by atoms with Gasteiger partial charge >= 0.3 is 0 Å². The molecule has 0 aromatic carbocycles. The summed E-state index contributed by atoms with van der Waals surface area (Å²) in [7, 11) is 0. The summed E-state index contributed by atoms with van der Waals surface area (Å²) in [6, 6.07) is 0. The maximum Gasteiger partial charge on any atom is 0.00767 e. The van der Waals surface area contributed by atoms with E-state index in [-0.39, 0.29) is 24.8 Å². The minimum atomic E-state index is 0. The van der Waals surface area contributed by atoms with E-state index >= 15 is 0 Å². The summed E-state index contributed by atoms with van der Waals surface area (Å²) in [5.74, 6) is 0. The van der Waals surface area contributed by atoms with Gasteiger partial charge in [0.15, 0.2) is 0 Å². The lowest BCUT2D eigenvalue weighted by atomic mass is 10.2. The molecule has 2 nitrogen and oxygen atoms in total. The first-order chi connectivity index (χ1) is 4.50. The molecule has 1 saturated heterocycles. The topological polar surface area (TPSA) is 24.1 Å². The molecule has 0 saturated carbocycles. The van der Waals surface area contributed by atoms with Crippen LogP contribution in [0.15, 0.2) is 0 Å². The second kappa shape index (κ2) is 10.5. The molecule has 1 aliphatic heterocycles. The van der Waals surface area contributed by atoms with Gasteiger partial charge in [0.2, 0.25) is 0 Å². The molecule has 70 valence electrons. The van der Waals surface area contributed by atoms with Gasteiger partial charge in [0, 0.05) is 13.1 Å². The van der Waals surface area contributed by atoms with Crippen molar-refractivity contribution in [3.63, 3.8) is 0 Å². The Labute approximate surface area is 81.3 Å². The van der Waals surface area contributed by atoms with Crippen LogP contribution in [0, 0.1) is 0 Å². The molecule has 0 bridgehead atoms. The number of hydrogen-bond donors (Lipinski definition) is 2. The van der Waals surface area contributed by atoms with Gasteiger partial charge in [-0.15, -0.1) is 24.8 Å². The molecule has 2 N–H and O–H groups in total. The Hall–Kier alpha value is 0.500. The van der Waals surface area contributed by atoms with Gasteiger partial charge in [-0.3, -0.25) is 0 Å². The monoisotopic (exact) mass is 200 g/mol. The second-order valence-corrected chi connectivity index (χ2v) is 2.56. The van der Waals surface area contributed by atoms with Gasteiger partial charge in [-0.05, 0) is 25.9 Å². The van der Waals surface area contributed by atoms with Crippen LogP contribution < -0.4 is 10.6 Å². The largest absolute Gasteiger partial charge is 0.315 e. The molecule has 1 aliphatic rings. The van der Waals surface area contributed by atoms with Crippen LogP contribution in [0.25, 0.3) is 0 Å². The highest BCUT2D eigenvalue weighted by molar-refractivity contribution is 5.85. The molecule has 0 spiro atoms. The third-order valence-electron chi connectivity index (χ3n) is 1.69. The first-order valence-corrected chi connectivity index (χ1v) is 3.91. The fourth-order valence-corrected chi connectivity index (χ4v) is 1.10. The molecule has 0 unspecified atom stereocenters. The molecule has 1 fully saturated rings. The molecular formula is C7H18Cl2N2. The van der Waals surface area contributed by atoms with Crippen molar-refractivity contribution >= 4 is 24.8 Å². The van der Waals surface area contributed by atoms with E-state index in [2.05, 4.69) is 10.6 Å². The summed E-state index contributed by atoms with van der Waals surface area (Å²) in [4.78, 5) is 0. The highest BCUT2D eigenvalue weighted by atomic mass is 35.5. The summed E-state index contributed by atoms with van der Waals surface area (Å²) in [6.45, 7) is 4.70. The van der Waals surface area contributed by atoms with E-state index in [1.54, 1.807) is 0 Å². The maximum atomic E-state index is 3.36. The van der Waals surface area contributed by atoms with Crippen LogP contribution in [-0.4, -0.2) is 26.2 Å². The molecule has 0 radical (unpaired) electrons. The molecular weight excluding hydrogens is 183 g/mol.